The summed E-state index contributed by atoms with van der Waals surface area (Å²) in [5.41, 5.74) is 1.08. The van der Waals surface area contributed by atoms with Crippen LogP contribution in [0, 0.1) is 0 Å². The molecule has 1 saturated heterocycles. The quantitative estimate of drug-likeness (QED) is 0.278. The van der Waals surface area contributed by atoms with Gasteiger partial charge < -0.3 is 38.6 Å². The Hall–Kier alpha value is -2.92. The Morgan fingerprint density at radius 2 is 1.41 bits per heavy atom. The molecule has 0 aliphatic carbocycles. The second-order valence-corrected chi connectivity index (χ2v) is 9.11. The number of hydrogen-bond donors (Lipinski definition) is 2. The second-order valence-electron chi connectivity index (χ2n) is 9.11. The second kappa shape index (κ2) is 14.7. The normalized spacial score (nSPS) is 20.9. The Labute approximate surface area is 217 Å². The van der Waals surface area contributed by atoms with E-state index in [2.05, 4.69) is 13.2 Å². The van der Waals surface area contributed by atoms with E-state index in [9.17, 15) is 19.8 Å². The van der Waals surface area contributed by atoms with Crippen molar-refractivity contribution < 1.29 is 48.2 Å². The minimum absolute atomic E-state index is 0.0210. The molecule has 1 heterocycles. The highest BCUT2D eigenvalue weighted by molar-refractivity contribution is 5.87. The molecule has 1 aromatic rings. The maximum Gasteiger partial charge on any atom is 0.333 e. The minimum atomic E-state index is -1.08. The number of benzene rings is 1. The SMILES string of the molecule is C=C(C)C(=O)OCC(O)COc1cc(OCC(O)COC(=O)C(=C)C)cc(C2OC(C)CC(CC)O2)c1. The maximum atomic E-state index is 11.5. The zero-order valence-electron chi connectivity index (χ0n) is 21.9. The predicted molar refractivity (Wildman–Crippen MR) is 134 cm³/mol. The van der Waals surface area contributed by atoms with E-state index in [-0.39, 0.29) is 49.8 Å². The highest BCUT2D eigenvalue weighted by atomic mass is 16.7. The first-order valence-corrected chi connectivity index (χ1v) is 12.2. The van der Waals surface area contributed by atoms with Crippen molar-refractivity contribution in [3.05, 3.63) is 48.1 Å². The third-order valence-electron chi connectivity index (χ3n) is 5.29. The highest BCUT2D eigenvalue weighted by Crippen LogP contribution is 2.35. The van der Waals surface area contributed by atoms with Gasteiger partial charge in [0.1, 0.15) is 50.1 Å². The van der Waals surface area contributed by atoms with Crippen LogP contribution in [0.3, 0.4) is 0 Å². The lowest BCUT2D eigenvalue weighted by atomic mass is 10.1. The topological polar surface area (TPSA) is 130 Å². The molecule has 0 amide bonds. The van der Waals surface area contributed by atoms with Crippen molar-refractivity contribution in [2.45, 2.75) is 71.2 Å². The number of rotatable bonds is 14. The standard InChI is InChI=1S/C27H38O10/c1-7-22-8-18(6)36-27(37-22)19-9-23(32-12-20(28)14-34-25(30)16(2)3)11-24(10-19)33-13-21(29)15-35-26(31)17(4)5/h9-11,18,20-22,27-29H,2,4,7-8,12-15H2,1,3,5-6H3. The summed E-state index contributed by atoms with van der Waals surface area (Å²) < 4.78 is 33.4. The molecule has 0 spiro atoms. The molecule has 2 N–H and O–H groups in total. The van der Waals surface area contributed by atoms with Crippen LogP contribution in [0.5, 0.6) is 11.5 Å². The van der Waals surface area contributed by atoms with Gasteiger partial charge in [0.25, 0.3) is 0 Å². The molecular formula is C27H38O10. The number of carbonyl (C=O) groups excluding carboxylic acids is 2. The van der Waals surface area contributed by atoms with Gasteiger partial charge in [0.2, 0.25) is 0 Å². The van der Waals surface area contributed by atoms with Crippen LogP contribution in [0.2, 0.25) is 0 Å². The molecule has 0 bridgehead atoms. The molecule has 10 heteroatoms. The van der Waals surface area contributed by atoms with Crippen LogP contribution in [-0.4, -0.2) is 73.0 Å². The lowest BCUT2D eigenvalue weighted by Crippen LogP contribution is -2.31. The maximum absolute atomic E-state index is 11.5. The third kappa shape index (κ3) is 10.5. The summed E-state index contributed by atoms with van der Waals surface area (Å²) in [7, 11) is 0. The zero-order valence-corrected chi connectivity index (χ0v) is 21.9. The van der Waals surface area contributed by atoms with Gasteiger partial charge in [-0.05, 0) is 45.7 Å². The van der Waals surface area contributed by atoms with E-state index in [0.29, 0.717) is 17.1 Å². The number of aliphatic hydroxyl groups is 2. The van der Waals surface area contributed by atoms with Crippen molar-refractivity contribution in [2.24, 2.45) is 0 Å². The first-order valence-electron chi connectivity index (χ1n) is 12.2. The van der Waals surface area contributed by atoms with Crippen molar-refractivity contribution in [2.75, 3.05) is 26.4 Å². The monoisotopic (exact) mass is 522 g/mol. The fourth-order valence-corrected chi connectivity index (χ4v) is 3.29. The Balaban J connectivity index is 2.10. The van der Waals surface area contributed by atoms with E-state index in [1.54, 1.807) is 18.2 Å². The fourth-order valence-electron chi connectivity index (χ4n) is 3.29. The van der Waals surface area contributed by atoms with Crippen molar-refractivity contribution in [3.8, 4) is 11.5 Å². The Bertz CT molecular complexity index is 885. The summed E-state index contributed by atoms with van der Waals surface area (Å²) in [4.78, 5) is 23.1. The van der Waals surface area contributed by atoms with Crippen LogP contribution in [0.1, 0.15) is 52.4 Å². The Morgan fingerprint density at radius 3 is 1.84 bits per heavy atom. The predicted octanol–water partition coefficient (Wildman–Crippen LogP) is 3.01. The third-order valence-corrected chi connectivity index (χ3v) is 5.29. The van der Waals surface area contributed by atoms with E-state index in [0.717, 1.165) is 12.8 Å². The molecule has 206 valence electrons. The molecule has 1 aliphatic rings. The number of esters is 2. The van der Waals surface area contributed by atoms with Crippen molar-refractivity contribution in [3.63, 3.8) is 0 Å². The van der Waals surface area contributed by atoms with Crippen LogP contribution in [-0.2, 0) is 28.5 Å². The van der Waals surface area contributed by atoms with Gasteiger partial charge in [-0.25, -0.2) is 9.59 Å². The van der Waals surface area contributed by atoms with E-state index in [1.807, 2.05) is 13.8 Å². The summed E-state index contributed by atoms with van der Waals surface area (Å²) in [5.74, 6) is -0.510. The molecule has 10 nitrogen and oxygen atoms in total. The average Bonchev–Trinajstić information content (AvgIpc) is 2.87. The molecule has 1 aromatic carbocycles. The van der Waals surface area contributed by atoms with E-state index < -0.39 is 30.4 Å². The van der Waals surface area contributed by atoms with Gasteiger partial charge in [0.05, 0.1) is 12.2 Å². The molecule has 0 saturated carbocycles. The lowest BCUT2D eigenvalue weighted by Gasteiger charge is -2.34. The van der Waals surface area contributed by atoms with Gasteiger partial charge in [0.15, 0.2) is 6.29 Å². The molecule has 1 fully saturated rings. The van der Waals surface area contributed by atoms with E-state index in [4.69, 9.17) is 28.4 Å². The fraction of sp³-hybridized carbons (Fsp3) is 0.556. The van der Waals surface area contributed by atoms with Crippen LogP contribution < -0.4 is 9.47 Å². The first kappa shape index (κ1) is 30.3. The average molecular weight is 523 g/mol. The minimum Gasteiger partial charge on any atom is -0.491 e. The smallest absolute Gasteiger partial charge is 0.333 e. The molecule has 0 radical (unpaired) electrons. The lowest BCUT2D eigenvalue weighted by molar-refractivity contribution is -0.243. The van der Waals surface area contributed by atoms with Crippen molar-refractivity contribution in [1.82, 2.24) is 0 Å². The van der Waals surface area contributed by atoms with Crippen LogP contribution in [0.25, 0.3) is 0 Å². The molecular weight excluding hydrogens is 484 g/mol. The zero-order chi connectivity index (χ0) is 27.5. The van der Waals surface area contributed by atoms with Gasteiger partial charge >= 0.3 is 11.9 Å². The first-order chi connectivity index (χ1) is 17.5. The van der Waals surface area contributed by atoms with Gasteiger partial charge in [-0.2, -0.15) is 0 Å². The van der Waals surface area contributed by atoms with Crippen molar-refractivity contribution in [1.29, 1.82) is 0 Å². The molecule has 1 aliphatic heterocycles. The number of ether oxygens (including phenoxy) is 6. The molecule has 2 rings (SSSR count). The van der Waals surface area contributed by atoms with E-state index in [1.165, 1.54) is 13.8 Å². The summed E-state index contributed by atoms with van der Waals surface area (Å²) in [5, 5.41) is 20.3. The Morgan fingerprint density at radius 1 is 0.919 bits per heavy atom. The summed E-state index contributed by atoms with van der Waals surface area (Å²) in [6.07, 6.45) is -1.21. The summed E-state index contributed by atoms with van der Waals surface area (Å²) in [6, 6.07) is 4.99. The summed E-state index contributed by atoms with van der Waals surface area (Å²) in [6.45, 7) is 13.2. The van der Waals surface area contributed by atoms with E-state index >= 15 is 0 Å². The summed E-state index contributed by atoms with van der Waals surface area (Å²) >= 11 is 0. The number of aliphatic hydroxyl groups excluding tert-OH is 2. The number of hydrogen-bond acceptors (Lipinski definition) is 10. The van der Waals surface area contributed by atoms with Gasteiger partial charge in [-0.1, -0.05) is 20.1 Å². The van der Waals surface area contributed by atoms with Crippen molar-refractivity contribution >= 4 is 11.9 Å². The molecule has 5 atom stereocenters. The Kier molecular flexibility index (Phi) is 12.1. The van der Waals surface area contributed by atoms with Gasteiger partial charge in [0, 0.05) is 22.8 Å². The largest absolute Gasteiger partial charge is 0.491 e. The molecule has 0 aromatic heterocycles. The van der Waals surface area contributed by atoms with Crippen LogP contribution >= 0.6 is 0 Å². The van der Waals surface area contributed by atoms with Crippen LogP contribution in [0.4, 0.5) is 0 Å². The van der Waals surface area contributed by atoms with Gasteiger partial charge in [-0.15, -0.1) is 0 Å². The van der Waals surface area contributed by atoms with Crippen LogP contribution in [0.15, 0.2) is 42.5 Å². The number of carbonyl (C=O) groups is 2. The highest BCUT2D eigenvalue weighted by Gasteiger charge is 2.28. The molecule has 5 unspecified atom stereocenters. The molecule has 37 heavy (non-hydrogen) atoms. The van der Waals surface area contributed by atoms with Gasteiger partial charge in [-0.3, -0.25) is 0 Å².